The first-order chi connectivity index (χ1) is 12.6. The number of phenols is 1. The van der Waals surface area contributed by atoms with Crippen molar-refractivity contribution < 1.29 is 19.4 Å². The maximum Gasteiger partial charge on any atom is 0.259 e. The minimum atomic E-state index is -0.262. The summed E-state index contributed by atoms with van der Waals surface area (Å²) in [5.41, 5.74) is 1.99. The molecule has 3 aromatic rings. The standard InChI is InChI=1S/C21H19NO4/c1-14-7-8-15(13-20(14)26-17-11-9-16(23)10-12-17)22-21(24)18-5-3-4-6-19(18)25-2/h3-13,23H,1-2H3,(H,22,24). The summed E-state index contributed by atoms with van der Waals surface area (Å²) < 4.78 is 11.1. The summed E-state index contributed by atoms with van der Waals surface area (Å²) in [5.74, 6) is 1.64. The Bertz CT molecular complexity index is 920. The Morgan fingerprint density at radius 1 is 0.962 bits per heavy atom. The highest BCUT2D eigenvalue weighted by molar-refractivity contribution is 6.06. The van der Waals surface area contributed by atoms with E-state index in [1.165, 1.54) is 7.11 Å². The number of hydrogen-bond acceptors (Lipinski definition) is 4. The number of hydrogen-bond donors (Lipinski definition) is 2. The van der Waals surface area contributed by atoms with Crippen LogP contribution < -0.4 is 14.8 Å². The first-order valence-electron chi connectivity index (χ1n) is 8.09. The van der Waals surface area contributed by atoms with Gasteiger partial charge in [0.2, 0.25) is 0 Å². The summed E-state index contributed by atoms with van der Waals surface area (Å²) >= 11 is 0. The summed E-state index contributed by atoms with van der Waals surface area (Å²) in [6.07, 6.45) is 0. The van der Waals surface area contributed by atoms with Crippen molar-refractivity contribution in [1.29, 1.82) is 0 Å². The highest BCUT2D eigenvalue weighted by Gasteiger charge is 2.12. The molecule has 132 valence electrons. The number of carbonyl (C=O) groups is 1. The van der Waals surface area contributed by atoms with Gasteiger partial charge < -0.3 is 19.9 Å². The van der Waals surface area contributed by atoms with E-state index in [9.17, 15) is 9.90 Å². The van der Waals surface area contributed by atoms with Gasteiger partial charge in [-0.05, 0) is 55.0 Å². The predicted molar refractivity (Wildman–Crippen MR) is 100 cm³/mol. The SMILES string of the molecule is COc1ccccc1C(=O)Nc1ccc(C)c(Oc2ccc(O)cc2)c1. The second-order valence-corrected chi connectivity index (χ2v) is 5.73. The molecule has 3 rings (SSSR count). The number of aromatic hydroxyl groups is 1. The number of anilines is 1. The van der Waals surface area contributed by atoms with Crippen LogP contribution in [0.4, 0.5) is 5.69 Å². The molecule has 2 N–H and O–H groups in total. The molecule has 5 nitrogen and oxygen atoms in total. The van der Waals surface area contributed by atoms with Gasteiger partial charge in [-0.1, -0.05) is 18.2 Å². The van der Waals surface area contributed by atoms with Gasteiger partial charge in [0, 0.05) is 11.8 Å². The van der Waals surface area contributed by atoms with Crippen LogP contribution in [0, 0.1) is 6.92 Å². The molecule has 0 saturated carbocycles. The fourth-order valence-electron chi connectivity index (χ4n) is 2.46. The molecule has 0 spiro atoms. The molecule has 0 radical (unpaired) electrons. The zero-order chi connectivity index (χ0) is 18.5. The van der Waals surface area contributed by atoms with Crippen molar-refractivity contribution in [2.24, 2.45) is 0 Å². The molecule has 3 aromatic carbocycles. The molecule has 26 heavy (non-hydrogen) atoms. The van der Waals surface area contributed by atoms with Crippen molar-refractivity contribution in [2.45, 2.75) is 6.92 Å². The van der Waals surface area contributed by atoms with Crippen LogP contribution in [0.1, 0.15) is 15.9 Å². The highest BCUT2D eigenvalue weighted by atomic mass is 16.5. The number of rotatable bonds is 5. The monoisotopic (exact) mass is 349 g/mol. The third kappa shape index (κ3) is 3.95. The molecule has 0 aliphatic carbocycles. The normalized spacial score (nSPS) is 10.2. The molecular weight excluding hydrogens is 330 g/mol. The van der Waals surface area contributed by atoms with Crippen LogP contribution in [0.5, 0.6) is 23.0 Å². The van der Waals surface area contributed by atoms with Crippen molar-refractivity contribution in [3.8, 4) is 23.0 Å². The highest BCUT2D eigenvalue weighted by Crippen LogP contribution is 2.29. The van der Waals surface area contributed by atoms with Gasteiger partial charge in [0.1, 0.15) is 23.0 Å². The Morgan fingerprint density at radius 3 is 2.42 bits per heavy atom. The van der Waals surface area contributed by atoms with Crippen molar-refractivity contribution in [1.82, 2.24) is 0 Å². The van der Waals surface area contributed by atoms with E-state index in [1.807, 2.05) is 25.1 Å². The number of para-hydroxylation sites is 1. The van der Waals surface area contributed by atoms with E-state index in [2.05, 4.69) is 5.32 Å². The number of amides is 1. The Labute approximate surface area is 151 Å². The van der Waals surface area contributed by atoms with Crippen LogP contribution in [-0.2, 0) is 0 Å². The molecule has 0 atom stereocenters. The van der Waals surface area contributed by atoms with E-state index >= 15 is 0 Å². The summed E-state index contributed by atoms with van der Waals surface area (Å²) in [4.78, 5) is 12.5. The average molecular weight is 349 g/mol. The molecule has 1 amide bonds. The number of methoxy groups -OCH3 is 1. The number of carbonyl (C=O) groups excluding carboxylic acids is 1. The van der Waals surface area contributed by atoms with Gasteiger partial charge in [-0.3, -0.25) is 4.79 Å². The van der Waals surface area contributed by atoms with Gasteiger partial charge in [-0.25, -0.2) is 0 Å². The van der Waals surface area contributed by atoms with E-state index in [-0.39, 0.29) is 11.7 Å². The number of phenolic OH excluding ortho intramolecular Hbond substituents is 1. The minimum absolute atomic E-state index is 0.173. The average Bonchev–Trinajstić information content (AvgIpc) is 2.66. The lowest BCUT2D eigenvalue weighted by Crippen LogP contribution is -2.13. The Hall–Kier alpha value is -3.47. The first-order valence-corrected chi connectivity index (χ1v) is 8.09. The van der Waals surface area contributed by atoms with E-state index < -0.39 is 0 Å². The number of ether oxygens (including phenoxy) is 2. The molecule has 0 fully saturated rings. The lowest BCUT2D eigenvalue weighted by atomic mass is 10.1. The quantitative estimate of drug-likeness (QED) is 0.697. The topological polar surface area (TPSA) is 67.8 Å². The Balaban J connectivity index is 1.81. The Morgan fingerprint density at radius 2 is 1.69 bits per heavy atom. The van der Waals surface area contributed by atoms with Crippen LogP contribution in [0.25, 0.3) is 0 Å². The molecule has 0 saturated heterocycles. The first kappa shape index (κ1) is 17.4. The van der Waals surface area contributed by atoms with Crippen LogP contribution in [0.3, 0.4) is 0 Å². The zero-order valence-electron chi connectivity index (χ0n) is 14.5. The van der Waals surface area contributed by atoms with Gasteiger partial charge in [0.25, 0.3) is 5.91 Å². The molecule has 0 unspecified atom stereocenters. The molecular formula is C21H19NO4. The summed E-state index contributed by atoms with van der Waals surface area (Å²) in [6.45, 7) is 1.92. The second kappa shape index (κ2) is 7.61. The van der Waals surface area contributed by atoms with Crippen molar-refractivity contribution in [3.63, 3.8) is 0 Å². The number of benzene rings is 3. The summed E-state index contributed by atoms with van der Waals surface area (Å²) in [7, 11) is 1.53. The fraction of sp³-hybridized carbons (Fsp3) is 0.0952. The molecule has 0 aliphatic rings. The van der Waals surface area contributed by atoms with E-state index in [1.54, 1.807) is 48.5 Å². The maximum atomic E-state index is 12.5. The molecule has 5 heteroatoms. The molecule has 0 aromatic heterocycles. The van der Waals surface area contributed by atoms with Crippen LogP contribution in [-0.4, -0.2) is 18.1 Å². The second-order valence-electron chi connectivity index (χ2n) is 5.73. The van der Waals surface area contributed by atoms with Crippen LogP contribution in [0.2, 0.25) is 0 Å². The summed E-state index contributed by atoms with van der Waals surface area (Å²) in [5, 5.41) is 12.2. The van der Waals surface area contributed by atoms with Crippen molar-refractivity contribution >= 4 is 11.6 Å². The molecule has 0 aliphatic heterocycles. The summed E-state index contributed by atoms with van der Waals surface area (Å²) in [6, 6.07) is 18.9. The van der Waals surface area contributed by atoms with Crippen LogP contribution in [0.15, 0.2) is 66.7 Å². The largest absolute Gasteiger partial charge is 0.508 e. The molecule has 0 heterocycles. The Kier molecular flexibility index (Phi) is 5.08. The van der Waals surface area contributed by atoms with Gasteiger partial charge in [0.15, 0.2) is 0 Å². The van der Waals surface area contributed by atoms with Gasteiger partial charge in [0.05, 0.1) is 12.7 Å². The van der Waals surface area contributed by atoms with Gasteiger partial charge in [-0.2, -0.15) is 0 Å². The van der Waals surface area contributed by atoms with Crippen molar-refractivity contribution in [3.05, 3.63) is 77.9 Å². The third-order valence-electron chi connectivity index (χ3n) is 3.86. The van der Waals surface area contributed by atoms with E-state index in [0.717, 1.165) is 5.56 Å². The number of aryl methyl sites for hydroxylation is 1. The third-order valence-corrected chi connectivity index (χ3v) is 3.86. The van der Waals surface area contributed by atoms with Crippen LogP contribution >= 0.6 is 0 Å². The van der Waals surface area contributed by atoms with E-state index in [0.29, 0.717) is 28.5 Å². The lowest BCUT2D eigenvalue weighted by molar-refractivity contribution is 0.102. The smallest absolute Gasteiger partial charge is 0.259 e. The lowest BCUT2D eigenvalue weighted by Gasteiger charge is -2.13. The van der Waals surface area contributed by atoms with E-state index in [4.69, 9.17) is 9.47 Å². The predicted octanol–water partition coefficient (Wildman–Crippen LogP) is 4.75. The fourth-order valence-corrected chi connectivity index (χ4v) is 2.46. The van der Waals surface area contributed by atoms with Gasteiger partial charge >= 0.3 is 0 Å². The van der Waals surface area contributed by atoms with Gasteiger partial charge in [-0.15, -0.1) is 0 Å². The number of nitrogens with one attached hydrogen (secondary N) is 1. The van der Waals surface area contributed by atoms with Crippen molar-refractivity contribution in [2.75, 3.05) is 12.4 Å². The minimum Gasteiger partial charge on any atom is -0.508 e. The maximum absolute atomic E-state index is 12.5. The molecule has 0 bridgehead atoms. The zero-order valence-corrected chi connectivity index (χ0v) is 14.5.